The van der Waals surface area contributed by atoms with E-state index in [-0.39, 0.29) is 17.9 Å². The first kappa shape index (κ1) is 22.1. The normalized spacial score (nSPS) is 10.9. The van der Waals surface area contributed by atoms with Crippen molar-refractivity contribution in [3.63, 3.8) is 0 Å². The summed E-state index contributed by atoms with van der Waals surface area (Å²) in [5.41, 5.74) is 0.408. The number of amides is 1. The Morgan fingerprint density at radius 1 is 1.03 bits per heavy atom. The lowest BCUT2D eigenvalue weighted by Crippen LogP contribution is -2.46. The van der Waals surface area contributed by atoms with Gasteiger partial charge in [0, 0.05) is 19.2 Å². The van der Waals surface area contributed by atoms with E-state index in [9.17, 15) is 18.8 Å². The molecule has 0 aliphatic carbocycles. The van der Waals surface area contributed by atoms with Crippen molar-refractivity contribution in [1.29, 1.82) is 0 Å². The summed E-state index contributed by atoms with van der Waals surface area (Å²) in [5.74, 6) is -1.09. The summed E-state index contributed by atoms with van der Waals surface area (Å²) in [5, 5.41) is 4.06. The van der Waals surface area contributed by atoms with E-state index in [1.165, 1.54) is 17.0 Å². The SMILES string of the molecule is CCN(CC)C(=O)c1nn(-c2ccc(C)c(F)c2)c(=O)n(Cc2ccc(C)cc2)c1=O. The fraction of sp³-hybridized carbons (Fsp3) is 0.304. The first-order valence-corrected chi connectivity index (χ1v) is 10.1. The molecule has 3 aromatic rings. The van der Waals surface area contributed by atoms with Gasteiger partial charge >= 0.3 is 5.69 Å². The van der Waals surface area contributed by atoms with E-state index < -0.39 is 23.0 Å². The summed E-state index contributed by atoms with van der Waals surface area (Å²) in [6.07, 6.45) is 0. The van der Waals surface area contributed by atoms with Crippen molar-refractivity contribution in [3.05, 3.63) is 91.5 Å². The summed E-state index contributed by atoms with van der Waals surface area (Å²) in [6.45, 7) is 7.84. The highest BCUT2D eigenvalue weighted by Gasteiger charge is 2.23. The van der Waals surface area contributed by atoms with Crippen molar-refractivity contribution < 1.29 is 9.18 Å². The number of rotatable bonds is 6. The molecular weight excluding hydrogens is 399 g/mol. The van der Waals surface area contributed by atoms with Gasteiger partial charge in [-0.2, -0.15) is 9.78 Å². The van der Waals surface area contributed by atoms with E-state index in [1.54, 1.807) is 20.8 Å². The number of hydrogen-bond donors (Lipinski definition) is 0. The fourth-order valence-corrected chi connectivity index (χ4v) is 3.21. The minimum absolute atomic E-state index is 0.0344. The molecule has 2 aromatic carbocycles. The van der Waals surface area contributed by atoms with Gasteiger partial charge in [0.25, 0.3) is 11.5 Å². The third kappa shape index (κ3) is 4.47. The molecule has 0 unspecified atom stereocenters. The maximum atomic E-state index is 14.2. The van der Waals surface area contributed by atoms with Gasteiger partial charge in [-0.05, 0) is 44.9 Å². The molecular formula is C23H25FN4O3. The molecule has 162 valence electrons. The molecule has 0 radical (unpaired) electrons. The van der Waals surface area contributed by atoms with Crippen LogP contribution in [0.25, 0.3) is 5.69 Å². The van der Waals surface area contributed by atoms with Crippen LogP contribution in [0.3, 0.4) is 0 Å². The Morgan fingerprint density at radius 2 is 1.68 bits per heavy atom. The first-order valence-electron chi connectivity index (χ1n) is 10.1. The maximum absolute atomic E-state index is 14.2. The minimum atomic E-state index is -0.772. The van der Waals surface area contributed by atoms with Crippen LogP contribution in [-0.4, -0.2) is 38.2 Å². The Morgan fingerprint density at radius 3 is 2.26 bits per heavy atom. The predicted octanol–water partition coefficient (Wildman–Crippen LogP) is 2.68. The summed E-state index contributed by atoms with van der Waals surface area (Å²) in [7, 11) is 0. The van der Waals surface area contributed by atoms with Crippen LogP contribution in [0, 0.1) is 19.7 Å². The van der Waals surface area contributed by atoms with Crippen molar-refractivity contribution in [1.82, 2.24) is 19.2 Å². The highest BCUT2D eigenvalue weighted by Crippen LogP contribution is 2.12. The lowest BCUT2D eigenvalue weighted by molar-refractivity contribution is 0.0761. The second kappa shape index (κ2) is 9.07. The molecule has 1 heterocycles. The van der Waals surface area contributed by atoms with E-state index in [4.69, 9.17) is 0 Å². The molecule has 0 fully saturated rings. The molecule has 0 saturated carbocycles. The van der Waals surface area contributed by atoms with Crippen LogP contribution in [-0.2, 0) is 6.54 Å². The monoisotopic (exact) mass is 424 g/mol. The van der Waals surface area contributed by atoms with E-state index >= 15 is 0 Å². The van der Waals surface area contributed by atoms with Gasteiger partial charge in [-0.25, -0.2) is 9.18 Å². The number of halogens is 1. The van der Waals surface area contributed by atoms with Crippen LogP contribution >= 0.6 is 0 Å². The predicted molar refractivity (Wildman–Crippen MR) is 116 cm³/mol. The molecule has 0 N–H and O–H groups in total. The highest BCUT2D eigenvalue weighted by atomic mass is 19.1. The van der Waals surface area contributed by atoms with Gasteiger partial charge in [-0.15, -0.1) is 0 Å². The standard InChI is InChI=1S/C23H25FN4O3/c1-5-26(6-2)21(29)20-22(30)27(14-17-10-7-15(3)8-11-17)23(31)28(25-20)18-12-9-16(4)19(24)13-18/h7-13H,5-6,14H2,1-4H3. The maximum Gasteiger partial charge on any atom is 0.352 e. The molecule has 0 bridgehead atoms. The van der Waals surface area contributed by atoms with Crippen LogP contribution in [0.1, 0.15) is 41.0 Å². The van der Waals surface area contributed by atoms with Crippen LogP contribution in [0.2, 0.25) is 0 Å². The zero-order valence-electron chi connectivity index (χ0n) is 18.1. The quantitative estimate of drug-likeness (QED) is 0.610. The van der Waals surface area contributed by atoms with Crippen LogP contribution in [0.4, 0.5) is 4.39 Å². The van der Waals surface area contributed by atoms with E-state index in [0.29, 0.717) is 18.7 Å². The summed E-state index contributed by atoms with van der Waals surface area (Å²) in [6, 6.07) is 11.6. The molecule has 0 aliphatic rings. The second-order valence-electron chi connectivity index (χ2n) is 7.33. The summed E-state index contributed by atoms with van der Waals surface area (Å²) in [4.78, 5) is 40.7. The molecule has 1 aromatic heterocycles. The first-order chi connectivity index (χ1) is 14.8. The van der Waals surface area contributed by atoms with Crippen molar-refractivity contribution >= 4 is 5.91 Å². The summed E-state index contributed by atoms with van der Waals surface area (Å²) < 4.78 is 16.0. The van der Waals surface area contributed by atoms with E-state index in [1.807, 2.05) is 31.2 Å². The summed E-state index contributed by atoms with van der Waals surface area (Å²) >= 11 is 0. The minimum Gasteiger partial charge on any atom is -0.338 e. The Kier molecular flexibility index (Phi) is 6.48. The lowest BCUT2D eigenvalue weighted by Gasteiger charge is -2.19. The number of nitrogens with zero attached hydrogens (tertiary/aromatic N) is 4. The molecule has 0 spiro atoms. The van der Waals surface area contributed by atoms with Gasteiger partial charge < -0.3 is 4.90 Å². The Hall–Kier alpha value is -3.55. The number of carbonyl (C=O) groups excluding carboxylic acids is 1. The second-order valence-corrected chi connectivity index (χ2v) is 7.33. The van der Waals surface area contributed by atoms with Crippen molar-refractivity contribution in [3.8, 4) is 5.69 Å². The topological polar surface area (TPSA) is 77.2 Å². The van der Waals surface area contributed by atoms with Gasteiger partial charge in [0.2, 0.25) is 5.69 Å². The molecule has 0 saturated heterocycles. The Balaban J connectivity index is 2.25. The van der Waals surface area contributed by atoms with Gasteiger partial charge in [0.1, 0.15) is 5.82 Å². The number of hydrogen-bond acceptors (Lipinski definition) is 4. The average Bonchev–Trinajstić information content (AvgIpc) is 2.75. The van der Waals surface area contributed by atoms with Crippen molar-refractivity contribution in [2.24, 2.45) is 0 Å². The average molecular weight is 424 g/mol. The number of carbonyl (C=O) groups is 1. The third-order valence-electron chi connectivity index (χ3n) is 5.17. The van der Waals surface area contributed by atoms with Crippen LogP contribution in [0.5, 0.6) is 0 Å². The Labute approximate surface area is 179 Å². The van der Waals surface area contributed by atoms with Gasteiger partial charge in [0.05, 0.1) is 12.2 Å². The lowest BCUT2D eigenvalue weighted by atomic mass is 10.1. The molecule has 1 amide bonds. The third-order valence-corrected chi connectivity index (χ3v) is 5.17. The molecule has 0 aliphatic heterocycles. The zero-order valence-corrected chi connectivity index (χ0v) is 18.1. The molecule has 31 heavy (non-hydrogen) atoms. The number of aryl methyl sites for hydroxylation is 2. The van der Waals surface area contributed by atoms with Gasteiger partial charge in [-0.3, -0.25) is 14.2 Å². The molecule has 8 heteroatoms. The zero-order chi connectivity index (χ0) is 22.7. The van der Waals surface area contributed by atoms with Crippen LogP contribution in [0.15, 0.2) is 52.1 Å². The fourth-order valence-electron chi connectivity index (χ4n) is 3.21. The van der Waals surface area contributed by atoms with Crippen LogP contribution < -0.4 is 11.2 Å². The number of benzene rings is 2. The van der Waals surface area contributed by atoms with E-state index in [2.05, 4.69) is 5.10 Å². The molecule has 0 atom stereocenters. The Bertz CT molecular complexity index is 1230. The smallest absolute Gasteiger partial charge is 0.338 e. The number of aromatic nitrogens is 3. The van der Waals surface area contributed by atoms with E-state index in [0.717, 1.165) is 26.4 Å². The highest BCUT2D eigenvalue weighted by molar-refractivity contribution is 5.91. The largest absolute Gasteiger partial charge is 0.352 e. The van der Waals surface area contributed by atoms with Gasteiger partial charge in [-0.1, -0.05) is 35.9 Å². The molecule has 3 rings (SSSR count). The van der Waals surface area contributed by atoms with Gasteiger partial charge in [0.15, 0.2) is 0 Å². The van der Waals surface area contributed by atoms with Crippen molar-refractivity contribution in [2.75, 3.05) is 13.1 Å². The molecule has 7 nitrogen and oxygen atoms in total. The van der Waals surface area contributed by atoms with Crippen molar-refractivity contribution in [2.45, 2.75) is 34.2 Å².